The molecule has 1 aromatic carbocycles. The van der Waals surface area contributed by atoms with E-state index in [-0.39, 0.29) is 11.8 Å². The summed E-state index contributed by atoms with van der Waals surface area (Å²) in [6, 6.07) is 8.10. The summed E-state index contributed by atoms with van der Waals surface area (Å²) in [7, 11) is 0. The Balaban J connectivity index is 1.50. The molecule has 1 aromatic rings. The highest BCUT2D eigenvalue weighted by molar-refractivity contribution is 5.88. The molecule has 5 nitrogen and oxygen atoms in total. The SMILES string of the molecule is CC(=O)Nc1ccc(CNC(=O)CN2C[C@]3(C)CC2CC(C)(C)C3)cc1. The maximum absolute atomic E-state index is 12.4. The van der Waals surface area contributed by atoms with Crippen LogP contribution in [0.25, 0.3) is 0 Å². The Morgan fingerprint density at radius 2 is 1.85 bits per heavy atom. The molecule has 0 radical (unpaired) electrons. The molecule has 0 aromatic heterocycles. The van der Waals surface area contributed by atoms with Crippen molar-refractivity contribution in [2.24, 2.45) is 10.8 Å². The summed E-state index contributed by atoms with van der Waals surface area (Å²) in [5.74, 6) is 0.00338. The van der Waals surface area contributed by atoms with Gasteiger partial charge >= 0.3 is 0 Å². The minimum Gasteiger partial charge on any atom is -0.351 e. The van der Waals surface area contributed by atoms with Crippen molar-refractivity contribution < 1.29 is 9.59 Å². The number of hydrogen-bond acceptors (Lipinski definition) is 3. The van der Waals surface area contributed by atoms with Crippen LogP contribution in [0.3, 0.4) is 0 Å². The number of nitrogens with zero attached hydrogens (tertiary/aromatic N) is 1. The number of likely N-dealkylation sites (tertiary alicyclic amines) is 1. The summed E-state index contributed by atoms with van der Waals surface area (Å²) in [5, 5.41) is 5.77. The van der Waals surface area contributed by atoms with Crippen LogP contribution in [-0.2, 0) is 16.1 Å². The minimum atomic E-state index is -0.0845. The van der Waals surface area contributed by atoms with Crippen LogP contribution in [-0.4, -0.2) is 35.8 Å². The molecular formula is C21H31N3O2. The predicted octanol–water partition coefficient (Wildman–Crippen LogP) is 3.16. The van der Waals surface area contributed by atoms with Crippen LogP contribution in [0, 0.1) is 10.8 Å². The molecule has 0 spiro atoms. The van der Waals surface area contributed by atoms with Gasteiger partial charge in [0.25, 0.3) is 0 Å². The zero-order valence-electron chi connectivity index (χ0n) is 16.4. The van der Waals surface area contributed by atoms with E-state index in [4.69, 9.17) is 0 Å². The van der Waals surface area contributed by atoms with Crippen molar-refractivity contribution in [3.8, 4) is 0 Å². The molecule has 2 atom stereocenters. The number of anilines is 1. The molecule has 1 aliphatic carbocycles. The number of fused-ring (bicyclic) bond motifs is 2. The highest BCUT2D eigenvalue weighted by Crippen LogP contribution is 2.52. The second-order valence-corrected chi connectivity index (χ2v) is 9.27. The van der Waals surface area contributed by atoms with E-state index >= 15 is 0 Å². The van der Waals surface area contributed by atoms with Crippen molar-refractivity contribution in [3.05, 3.63) is 29.8 Å². The van der Waals surface area contributed by atoms with Crippen LogP contribution >= 0.6 is 0 Å². The number of amides is 2. The second kappa shape index (κ2) is 7.03. The Hall–Kier alpha value is -1.88. The van der Waals surface area contributed by atoms with E-state index in [0.29, 0.717) is 30.0 Å². The van der Waals surface area contributed by atoms with Crippen LogP contribution in [0.15, 0.2) is 24.3 Å². The molecule has 5 heteroatoms. The summed E-state index contributed by atoms with van der Waals surface area (Å²) in [5.41, 5.74) is 2.53. The summed E-state index contributed by atoms with van der Waals surface area (Å²) in [4.78, 5) is 25.9. The Labute approximate surface area is 156 Å². The van der Waals surface area contributed by atoms with Crippen LogP contribution in [0.1, 0.15) is 52.5 Å². The number of rotatable bonds is 5. The van der Waals surface area contributed by atoms with E-state index in [0.717, 1.165) is 17.8 Å². The van der Waals surface area contributed by atoms with Crippen molar-refractivity contribution in [2.75, 3.05) is 18.4 Å². The molecule has 1 saturated carbocycles. The lowest BCUT2D eigenvalue weighted by Crippen LogP contribution is -2.40. The van der Waals surface area contributed by atoms with Crippen LogP contribution in [0.2, 0.25) is 0 Å². The van der Waals surface area contributed by atoms with Crippen molar-refractivity contribution in [1.29, 1.82) is 0 Å². The molecule has 2 amide bonds. The molecule has 1 unspecified atom stereocenters. The molecule has 2 bridgehead atoms. The van der Waals surface area contributed by atoms with Gasteiger partial charge in [-0.1, -0.05) is 32.9 Å². The largest absolute Gasteiger partial charge is 0.351 e. The van der Waals surface area contributed by atoms with Crippen molar-refractivity contribution >= 4 is 17.5 Å². The molecular weight excluding hydrogens is 326 g/mol. The first-order valence-corrected chi connectivity index (χ1v) is 9.52. The number of nitrogens with one attached hydrogen (secondary N) is 2. The van der Waals surface area contributed by atoms with Gasteiger partial charge in [0.15, 0.2) is 0 Å². The molecule has 1 heterocycles. The molecule has 3 rings (SSSR count). The van der Waals surface area contributed by atoms with E-state index in [1.165, 1.54) is 26.2 Å². The average molecular weight is 357 g/mol. The lowest BCUT2D eigenvalue weighted by Gasteiger charge is -2.39. The fourth-order valence-corrected chi connectivity index (χ4v) is 5.11. The van der Waals surface area contributed by atoms with E-state index in [1.807, 2.05) is 24.3 Å². The Bertz CT molecular complexity index is 683. The van der Waals surface area contributed by atoms with Gasteiger partial charge in [-0.25, -0.2) is 0 Å². The molecule has 2 fully saturated rings. The number of carbonyl (C=O) groups excluding carboxylic acids is 2. The predicted molar refractivity (Wildman–Crippen MR) is 104 cm³/mol. The summed E-state index contributed by atoms with van der Waals surface area (Å²) in [6.07, 6.45) is 3.64. The fourth-order valence-electron chi connectivity index (χ4n) is 5.11. The second-order valence-electron chi connectivity index (χ2n) is 9.27. The molecule has 1 aliphatic heterocycles. The summed E-state index contributed by atoms with van der Waals surface area (Å²) >= 11 is 0. The molecule has 2 N–H and O–H groups in total. The topological polar surface area (TPSA) is 61.4 Å². The Morgan fingerprint density at radius 1 is 1.15 bits per heavy atom. The number of carbonyl (C=O) groups is 2. The molecule has 142 valence electrons. The Kier molecular flexibility index (Phi) is 5.11. The first-order valence-electron chi connectivity index (χ1n) is 9.52. The van der Waals surface area contributed by atoms with Gasteiger partial charge in [-0.3, -0.25) is 14.5 Å². The van der Waals surface area contributed by atoms with Crippen LogP contribution in [0.4, 0.5) is 5.69 Å². The highest BCUT2D eigenvalue weighted by atomic mass is 16.2. The lowest BCUT2D eigenvalue weighted by atomic mass is 9.65. The van der Waals surface area contributed by atoms with Crippen molar-refractivity contribution in [1.82, 2.24) is 10.2 Å². The van der Waals surface area contributed by atoms with E-state index in [2.05, 4.69) is 36.3 Å². The van der Waals surface area contributed by atoms with Gasteiger partial charge in [0.05, 0.1) is 6.54 Å². The van der Waals surface area contributed by atoms with Gasteiger partial charge in [0.2, 0.25) is 11.8 Å². The molecule has 26 heavy (non-hydrogen) atoms. The van der Waals surface area contributed by atoms with E-state index in [9.17, 15) is 9.59 Å². The van der Waals surface area contributed by atoms with Crippen LogP contribution < -0.4 is 10.6 Å². The number of benzene rings is 1. The zero-order valence-corrected chi connectivity index (χ0v) is 16.4. The average Bonchev–Trinajstić information content (AvgIpc) is 2.74. The zero-order chi connectivity index (χ0) is 18.9. The van der Waals surface area contributed by atoms with Crippen molar-refractivity contribution in [2.45, 2.75) is 59.5 Å². The third kappa shape index (κ3) is 4.64. The first-order chi connectivity index (χ1) is 12.1. The monoisotopic (exact) mass is 357 g/mol. The third-order valence-corrected chi connectivity index (χ3v) is 5.63. The van der Waals surface area contributed by atoms with Crippen LogP contribution in [0.5, 0.6) is 0 Å². The summed E-state index contributed by atoms with van der Waals surface area (Å²) < 4.78 is 0. The maximum Gasteiger partial charge on any atom is 0.234 e. The third-order valence-electron chi connectivity index (χ3n) is 5.63. The standard InChI is InChI=1S/C21H31N3O2/c1-15(25)23-17-7-5-16(6-8-17)11-22-19(26)12-24-14-21(4)10-18(24)9-20(2,3)13-21/h5-8,18H,9-14H2,1-4H3,(H,22,26)(H,23,25)/t18?,21-/m1/s1. The molecule has 1 saturated heterocycles. The maximum atomic E-state index is 12.4. The number of hydrogen-bond donors (Lipinski definition) is 2. The summed E-state index contributed by atoms with van der Waals surface area (Å²) in [6.45, 7) is 10.6. The van der Waals surface area contributed by atoms with E-state index < -0.39 is 0 Å². The first kappa shape index (κ1) is 18.9. The molecule has 2 aliphatic rings. The van der Waals surface area contributed by atoms with Gasteiger partial charge < -0.3 is 10.6 Å². The van der Waals surface area contributed by atoms with Gasteiger partial charge in [-0.05, 0) is 47.8 Å². The van der Waals surface area contributed by atoms with Gasteiger partial charge in [-0.15, -0.1) is 0 Å². The fraction of sp³-hybridized carbons (Fsp3) is 0.619. The van der Waals surface area contributed by atoms with Gasteiger partial charge in [0.1, 0.15) is 0 Å². The quantitative estimate of drug-likeness (QED) is 0.851. The Morgan fingerprint density at radius 3 is 2.50 bits per heavy atom. The normalized spacial score (nSPS) is 27.2. The highest BCUT2D eigenvalue weighted by Gasteiger charge is 2.49. The lowest BCUT2D eigenvalue weighted by molar-refractivity contribution is -0.122. The smallest absolute Gasteiger partial charge is 0.234 e. The van der Waals surface area contributed by atoms with E-state index in [1.54, 1.807) is 0 Å². The van der Waals surface area contributed by atoms with Crippen molar-refractivity contribution in [3.63, 3.8) is 0 Å². The van der Waals surface area contributed by atoms with Gasteiger partial charge in [0, 0.05) is 31.7 Å². The minimum absolute atomic E-state index is 0.0845. The van der Waals surface area contributed by atoms with Gasteiger partial charge in [-0.2, -0.15) is 0 Å².